The van der Waals surface area contributed by atoms with Gasteiger partial charge < -0.3 is 9.80 Å². The van der Waals surface area contributed by atoms with Gasteiger partial charge in [0.1, 0.15) is 11.5 Å². The minimum Gasteiger partial charge on any atom is -0.353 e. The first-order chi connectivity index (χ1) is 11.7. The van der Waals surface area contributed by atoms with Crippen molar-refractivity contribution >= 4 is 11.7 Å². The summed E-state index contributed by atoms with van der Waals surface area (Å²) in [6.45, 7) is 4.59. The van der Waals surface area contributed by atoms with Gasteiger partial charge in [-0.15, -0.1) is 0 Å². The van der Waals surface area contributed by atoms with Crippen molar-refractivity contribution in [2.75, 3.05) is 24.5 Å². The summed E-state index contributed by atoms with van der Waals surface area (Å²) in [5, 5.41) is 6.98. The molecular weight excluding hydrogens is 302 g/mol. The summed E-state index contributed by atoms with van der Waals surface area (Å²) in [7, 11) is 0. The van der Waals surface area contributed by atoms with Crippen LogP contribution in [0.15, 0.2) is 30.5 Å². The number of likely N-dealkylation sites (tertiary alicyclic amines) is 1. The summed E-state index contributed by atoms with van der Waals surface area (Å²) in [5.41, 5.74) is 1.45. The van der Waals surface area contributed by atoms with E-state index in [1.54, 1.807) is 0 Å². The van der Waals surface area contributed by atoms with Crippen LogP contribution in [0.25, 0.3) is 0 Å². The normalized spacial score (nSPS) is 23.9. The molecule has 2 unspecified atom stereocenters. The molecule has 0 saturated carbocycles. The van der Waals surface area contributed by atoms with E-state index in [0.29, 0.717) is 17.7 Å². The van der Waals surface area contributed by atoms with Crippen LogP contribution in [0.3, 0.4) is 0 Å². The minimum absolute atomic E-state index is 0.0451. The predicted molar refractivity (Wildman–Crippen MR) is 91.9 cm³/mol. The van der Waals surface area contributed by atoms with Crippen LogP contribution >= 0.6 is 0 Å². The van der Waals surface area contributed by atoms with Crippen molar-refractivity contribution in [2.45, 2.75) is 32.2 Å². The Balaban J connectivity index is 1.48. The number of nitrogens with one attached hydrogen (secondary N) is 1. The number of anilines is 1. The maximum absolute atomic E-state index is 12.7. The third-order valence-corrected chi connectivity index (χ3v) is 5.31. The zero-order valence-electron chi connectivity index (χ0n) is 14.0. The second-order valence-corrected chi connectivity index (χ2v) is 6.80. The Labute approximate surface area is 141 Å². The van der Waals surface area contributed by atoms with Crippen molar-refractivity contribution in [1.82, 2.24) is 20.1 Å². The monoisotopic (exact) mass is 325 g/mol. The molecule has 0 aliphatic carbocycles. The Morgan fingerprint density at radius 2 is 2.04 bits per heavy atom. The van der Waals surface area contributed by atoms with Gasteiger partial charge in [0.2, 0.25) is 0 Å². The minimum atomic E-state index is 0.0451. The van der Waals surface area contributed by atoms with Crippen molar-refractivity contribution < 1.29 is 4.79 Å². The van der Waals surface area contributed by atoms with Gasteiger partial charge in [0.15, 0.2) is 0 Å². The number of rotatable bonds is 2. The van der Waals surface area contributed by atoms with Crippen LogP contribution in [-0.2, 0) is 0 Å². The van der Waals surface area contributed by atoms with Crippen LogP contribution in [0, 0.1) is 12.8 Å². The zero-order chi connectivity index (χ0) is 16.5. The van der Waals surface area contributed by atoms with Gasteiger partial charge >= 0.3 is 0 Å². The quantitative estimate of drug-likeness (QED) is 0.920. The number of aryl methyl sites for hydroxylation is 1. The number of aromatic nitrogens is 3. The third kappa shape index (κ3) is 2.77. The van der Waals surface area contributed by atoms with Crippen molar-refractivity contribution in [3.63, 3.8) is 0 Å². The average Bonchev–Trinajstić information content (AvgIpc) is 3.16. The third-order valence-electron chi connectivity index (χ3n) is 5.31. The van der Waals surface area contributed by atoms with Crippen molar-refractivity contribution in [2.24, 2.45) is 5.92 Å². The van der Waals surface area contributed by atoms with E-state index >= 15 is 0 Å². The highest BCUT2D eigenvalue weighted by Gasteiger charge is 2.37. The molecule has 2 atom stereocenters. The summed E-state index contributed by atoms with van der Waals surface area (Å²) >= 11 is 0. The fourth-order valence-electron chi connectivity index (χ4n) is 4.07. The van der Waals surface area contributed by atoms with E-state index in [1.165, 1.54) is 6.42 Å². The second-order valence-electron chi connectivity index (χ2n) is 6.80. The van der Waals surface area contributed by atoms with E-state index in [4.69, 9.17) is 0 Å². The fourth-order valence-corrected chi connectivity index (χ4v) is 4.07. The summed E-state index contributed by atoms with van der Waals surface area (Å²) in [4.78, 5) is 21.6. The van der Waals surface area contributed by atoms with Gasteiger partial charge in [-0.2, -0.15) is 5.10 Å². The Morgan fingerprint density at radius 1 is 1.21 bits per heavy atom. The molecular formula is C18H23N5O. The van der Waals surface area contributed by atoms with Gasteiger partial charge in [0.25, 0.3) is 5.91 Å². The molecule has 2 aliphatic rings. The molecule has 2 fully saturated rings. The highest BCUT2D eigenvalue weighted by atomic mass is 16.2. The first-order valence-electron chi connectivity index (χ1n) is 8.71. The molecule has 24 heavy (non-hydrogen) atoms. The summed E-state index contributed by atoms with van der Waals surface area (Å²) < 4.78 is 0. The van der Waals surface area contributed by atoms with Crippen LogP contribution in [0.4, 0.5) is 5.82 Å². The molecule has 0 bridgehead atoms. The molecule has 2 aromatic rings. The molecule has 2 aromatic heterocycles. The second kappa shape index (κ2) is 6.26. The van der Waals surface area contributed by atoms with Gasteiger partial charge in [-0.3, -0.25) is 9.89 Å². The predicted octanol–water partition coefficient (Wildman–Crippen LogP) is 2.24. The fraction of sp³-hybridized carbons (Fsp3) is 0.500. The van der Waals surface area contributed by atoms with E-state index in [9.17, 15) is 4.79 Å². The van der Waals surface area contributed by atoms with E-state index < -0.39 is 0 Å². The molecule has 6 nitrogen and oxygen atoms in total. The highest BCUT2D eigenvalue weighted by molar-refractivity contribution is 5.92. The van der Waals surface area contributed by atoms with Gasteiger partial charge in [0, 0.05) is 37.6 Å². The van der Waals surface area contributed by atoms with E-state index in [2.05, 4.69) is 26.1 Å². The molecule has 0 aromatic carbocycles. The van der Waals surface area contributed by atoms with Gasteiger partial charge in [-0.1, -0.05) is 6.07 Å². The number of pyridine rings is 1. The molecule has 2 saturated heterocycles. The first kappa shape index (κ1) is 15.2. The number of hydrogen-bond donors (Lipinski definition) is 1. The largest absolute Gasteiger partial charge is 0.353 e. The summed E-state index contributed by atoms with van der Waals surface area (Å²) in [5.74, 6) is 1.75. The number of hydrogen-bond acceptors (Lipinski definition) is 4. The molecule has 4 heterocycles. The van der Waals surface area contributed by atoms with E-state index in [-0.39, 0.29) is 5.91 Å². The van der Waals surface area contributed by atoms with Crippen molar-refractivity contribution in [1.29, 1.82) is 0 Å². The topological polar surface area (TPSA) is 65.1 Å². The lowest BCUT2D eigenvalue weighted by Crippen LogP contribution is -2.36. The van der Waals surface area contributed by atoms with E-state index in [1.807, 2.05) is 36.2 Å². The SMILES string of the molecule is Cc1cc(C(=O)N2CCC3CCN(c4ccccn4)C3CC2)n[nH]1. The van der Waals surface area contributed by atoms with Gasteiger partial charge in [-0.25, -0.2) is 4.98 Å². The number of amides is 1. The van der Waals surface area contributed by atoms with E-state index in [0.717, 1.165) is 44.0 Å². The molecule has 2 aliphatic heterocycles. The Hall–Kier alpha value is -2.37. The zero-order valence-corrected chi connectivity index (χ0v) is 14.0. The number of fused-ring (bicyclic) bond motifs is 1. The molecule has 4 rings (SSSR count). The number of carbonyl (C=O) groups is 1. The van der Waals surface area contributed by atoms with Crippen LogP contribution in [-0.4, -0.2) is 51.7 Å². The smallest absolute Gasteiger partial charge is 0.274 e. The Morgan fingerprint density at radius 3 is 2.79 bits per heavy atom. The molecule has 0 spiro atoms. The van der Waals surface area contributed by atoms with Crippen LogP contribution < -0.4 is 4.90 Å². The Bertz CT molecular complexity index is 713. The average molecular weight is 325 g/mol. The van der Waals surface area contributed by atoms with Crippen LogP contribution in [0.5, 0.6) is 0 Å². The maximum atomic E-state index is 12.7. The summed E-state index contributed by atoms with van der Waals surface area (Å²) in [6, 6.07) is 8.40. The van der Waals surface area contributed by atoms with Crippen LogP contribution in [0.2, 0.25) is 0 Å². The molecule has 6 heteroatoms. The number of carbonyl (C=O) groups excluding carboxylic acids is 1. The molecule has 1 amide bonds. The first-order valence-corrected chi connectivity index (χ1v) is 8.71. The standard InChI is InChI=1S/C18H23N5O/c1-13-12-15(21-20-13)18(24)22-9-5-14-6-11-23(16(14)7-10-22)17-4-2-3-8-19-17/h2-4,8,12,14,16H,5-7,9-11H2,1H3,(H,20,21). The summed E-state index contributed by atoms with van der Waals surface area (Å²) in [6.07, 6.45) is 5.10. The lowest BCUT2D eigenvalue weighted by Gasteiger charge is -2.28. The van der Waals surface area contributed by atoms with Crippen molar-refractivity contribution in [3.05, 3.63) is 41.9 Å². The number of aromatic amines is 1. The molecule has 126 valence electrons. The molecule has 1 N–H and O–H groups in total. The van der Waals surface area contributed by atoms with Crippen LogP contribution in [0.1, 0.15) is 35.4 Å². The highest BCUT2D eigenvalue weighted by Crippen LogP contribution is 2.34. The lowest BCUT2D eigenvalue weighted by molar-refractivity contribution is 0.0753. The van der Waals surface area contributed by atoms with Crippen molar-refractivity contribution in [3.8, 4) is 0 Å². The lowest BCUT2D eigenvalue weighted by atomic mass is 9.96. The Kier molecular flexibility index (Phi) is 3.96. The van der Waals surface area contributed by atoms with Gasteiger partial charge in [0.05, 0.1) is 0 Å². The maximum Gasteiger partial charge on any atom is 0.274 e. The number of H-pyrrole nitrogens is 1. The van der Waals surface area contributed by atoms with Gasteiger partial charge in [-0.05, 0) is 50.3 Å². The number of nitrogens with zero attached hydrogens (tertiary/aromatic N) is 4. The molecule has 0 radical (unpaired) electrons.